The maximum atomic E-state index is 2.30. The van der Waals surface area contributed by atoms with Crippen LogP contribution in [0.15, 0.2) is 46.2 Å². The minimum atomic E-state index is 0. The Kier molecular flexibility index (Phi) is 4.87. The smallest absolute Gasteiger partial charge is 0.0553 e. The Morgan fingerprint density at radius 3 is 2.48 bits per heavy atom. The van der Waals surface area contributed by atoms with Gasteiger partial charge in [-0.15, -0.1) is 12.4 Å². The average molecular weight is 321 g/mol. The molecular weight excluding hydrogens is 300 g/mol. The summed E-state index contributed by atoms with van der Waals surface area (Å²) in [5.74, 6) is 0. The fourth-order valence-corrected chi connectivity index (χ4v) is 3.95. The van der Waals surface area contributed by atoms with Gasteiger partial charge in [0.25, 0.3) is 0 Å². The molecule has 0 radical (unpaired) electrons. The molecule has 3 rings (SSSR count). The van der Waals surface area contributed by atoms with E-state index in [-0.39, 0.29) is 12.4 Å². The minimum absolute atomic E-state index is 0. The van der Waals surface area contributed by atoms with Gasteiger partial charge >= 0.3 is 0 Å². The van der Waals surface area contributed by atoms with Crippen LogP contribution in [0, 0.1) is 6.92 Å². The Balaban J connectivity index is 0.00000161. The second-order valence-corrected chi connectivity index (χ2v) is 6.62. The van der Waals surface area contributed by atoms with Gasteiger partial charge in [0.1, 0.15) is 0 Å². The molecule has 0 atom stereocenters. The van der Waals surface area contributed by atoms with Crippen LogP contribution in [0.1, 0.15) is 11.1 Å². The van der Waals surface area contributed by atoms with Crippen LogP contribution in [0.5, 0.6) is 0 Å². The largest absolute Gasteiger partial charge is 0.343 e. The van der Waals surface area contributed by atoms with Crippen molar-refractivity contribution >= 4 is 35.5 Å². The maximum Gasteiger partial charge on any atom is 0.0553 e. The molecule has 0 amide bonds. The standard InChI is InChI=1S/C17H20N2S.ClH/c1-12-13(11-18(2)3)9-10-15-17(12)20-16-8-6-5-7-14(16)19(15)4;/h5-10H,11H2,1-4H3;1H. The van der Waals surface area contributed by atoms with Crippen LogP contribution < -0.4 is 4.90 Å². The Morgan fingerprint density at radius 1 is 1.05 bits per heavy atom. The van der Waals surface area contributed by atoms with E-state index in [9.17, 15) is 0 Å². The van der Waals surface area contributed by atoms with Crippen LogP contribution in [0.3, 0.4) is 0 Å². The Bertz CT molecular complexity index is 655. The summed E-state index contributed by atoms with van der Waals surface area (Å²) >= 11 is 1.89. The summed E-state index contributed by atoms with van der Waals surface area (Å²) in [5.41, 5.74) is 5.43. The third kappa shape index (κ3) is 2.91. The molecule has 21 heavy (non-hydrogen) atoms. The lowest BCUT2D eigenvalue weighted by Gasteiger charge is -2.31. The number of para-hydroxylation sites is 1. The fourth-order valence-electron chi connectivity index (χ4n) is 2.68. The van der Waals surface area contributed by atoms with Gasteiger partial charge < -0.3 is 9.80 Å². The summed E-state index contributed by atoms with van der Waals surface area (Å²) in [5, 5.41) is 0. The molecule has 0 saturated carbocycles. The lowest BCUT2D eigenvalue weighted by atomic mass is 10.1. The van der Waals surface area contributed by atoms with Gasteiger partial charge in [-0.05, 0) is 50.3 Å². The van der Waals surface area contributed by atoms with E-state index < -0.39 is 0 Å². The Morgan fingerprint density at radius 2 is 1.76 bits per heavy atom. The van der Waals surface area contributed by atoms with Crippen molar-refractivity contribution in [1.82, 2.24) is 4.90 Å². The number of hydrogen-bond donors (Lipinski definition) is 0. The van der Waals surface area contributed by atoms with Crippen LogP contribution in [-0.4, -0.2) is 26.0 Å². The van der Waals surface area contributed by atoms with E-state index in [0.717, 1.165) is 6.54 Å². The lowest BCUT2D eigenvalue weighted by Crippen LogP contribution is -2.17. The highest BCUT2D eigenvalue weighted by Crippen LogP contribution is 2.49. The molecule has 2 aromatic carbocycles. The molecule has 0 N–H and O–H groups in total. The van der Waals surface area contributed by atoms with Crippen molar-refractivity contribution in [3.63, 3.8) is 0 Å². The molecule has 0 bridgehead atoms. The number of benzene rings is 2. The maximum absolute atomic E-state index is 2.30. The van der Waals surface area contributed by atoms with E-state index in [2.05, 4.69) is 74.3 Å². The molecule has 0 aliphatic carbocycles. The number of halogens is 1. The molecule has 0 saturated heterocycles. The highest BCUT2D eigenvalue weighted by molar-refractivity contribution is 7.99. The van der Waals surface area contributed by atoms with Gasteiger partial charge in [0.15, 0.2) is 0 Å². The zero-order chi connectivity index (χ0) is 14.3. The lowest BCUT2D eigenvalue weighted by molar-refractivity contribution is 0.401. The summed E-state index contributed by atoms with van der Waals surface area (Å²) < 4.78 is 0. The monoisotopic (exact) mass is 320 g/mol. The van der Waals surface area contributed by atoms with Crippen molar-refractivity contribution < 1.29 is 0 Å². The van der Waals surface area contributed by atoms with E-state index in [1.165, 1.54) is 32.3 Å². The molecular formula is C17H21ClN2S. The predicted octanol–water partition coefficient (Wildman–Crippen LogP) is 4.71. The highest BCUT2D eigenvalue weighted by atomic mass is 35.5. The first kappa shape index (κ1) is 16.2. The first-order valence-corrected chi connectivity index (χ1v) is 7.67. The van der Waals surface area contributed by atoms with Gasteiger partial charge in [-0.1, -0.05) is 30.0 Å². The molecule has 2 aromatic rings. The van der Waals surface area contributed by atoms with Gasteiger partial charge in [-0.3, -0.25) is 0 Å². The molecule has 112 valence electrons. The molecule has 0 spiro atoms. The zero-order valence-corrected chi connectivity index (χ0v) is 14.5. The van der Waals surface area contributed by atoms with Crippen LogP contribution in [0.25, 0.3) is 0 Å². The fraction of sp³-hybridized carbons (Fsp3) is 0.294. The second-order valence-electron chi connectivity index (χ2n) is 5.56. The average Bonchev–Trinajstić information content (AvgIpc) is 2.42. The van der Waals surface area contributed by atoms with Gasteiger partial charge in [0, 0.05) is 23.4 Å². The van der Waals surface area contributed by atoms with E-state index in [4.69, 9.17) is 0 Å². The minimum Gasteiger partial charge on any atom is -0.343 e. The summed E-state index contributed by atoms with van der Waals surface area (Å²) in [6.45, 7) is 3.23. The van der Waals surface area contributed by atoms with Crippen molar-refractivity contribution in [3.8, 4) is 0 Å². The second kappa shape index (κ2) is 6.30. The summed E-state index contributed by atoms with van der Waals surface area (Å²) in [6, 6.07) is 13.1. The third-order valence-electron chi connectivity index (χ3n) is 3.78. The van der Waals surface area contributed by atoms with Crippen molar-refractivity contribution in [2.45, 2.75) is 23.3 Å². The van der Waals surface area contributed by atoms with Crippen molar-refractivity contribution in [2.75, 3.05) is 26.0 Å². The zero-order valence-electron chi connectivity index (χ0n) is 12.9. The van der Waals surface area contributed by atoms with Crippen LogP contribution in [0.4, 0.5) is 11.4 Å². The summed E-state index contributed by atoms with van der Waals surface area (Å²) in [7, 11) is 6.39. The van der Waals surface area contributed by atoms with Crippen LogP contribution in [0.2, 0.25) is 0 Å². The molecule has 1 aliphatic heterocycles. The molecule has 0 aromatic heterocycles. The number of rotatable bonds is 2. The first-order valence-electron chi connectivity index (χ1n) is 6.85. The quantitative estimate of drug-likeness (QED) is 0.791. The van der Waals surface area contributed by atoms with E-state index in [1.54, 1.807) is 0 Å². The molecule has 2 nitrogen and oxygen atoms in total. The van der Waals surface area contributed by atoms with Gasteiger partial charge in [0.05, 0.1) is 11.4 Å². The number of hydrogen-bond acceptors (Lipinski definition) is 3. The predicted molar refractivity (Wildman–Crippen MR) is 94.4 cm³/mol. The first-order chi connectivity index (χ1) is 9.58. The van der Waals surface area contributed by atoms with Gasteiger partial charge in [-0.25, -0.2) is 0 Å². The normalized spacial score (nSPS) is 12.7. The molecule has 4 heteroatoms. The van der Waals surface area contributed by atoms with E-state index >= 15 is 0 Å². The SMILES string of the molecule is Cc1c(CN(C)C)ccc2c1Sc1ccccc1N2C.Cl. The van der Waals surface area contributed by atoms with Gasteiger partial charge in [-0.2, -0.15) is 0 Å². The third-order valence-corrected chi connectivity index (χ3v) is 5.07. The number of nitrogens with zero attached hydrogens (tertiary/aromatic N) is 2. The topological polar surface area (TPSA) is 6.48 Å². The number of fused-ring (bicyclic) bond motifs is 2. The Hall–Kier alpha value is -1.16. The summed E-state index contributed by atoms with van der Waals surface area (Å²) in [4.78, 5) is 7.26. The van der Waals surface area contributed by atoms with Crippen LogP contribution >= 0.6 is 24.2 Å². The van der Waals surface area contributed by atoms with Crippen molar-refractivity contribution in [2.24, 2.45) is 0 Å². The van der Waals surface area contributed by atoms with Crippen molar-refractivity contribution in [1.29, 1.82) is 0 Å². The molecule has 0 fully saturated rings. The summed E-state index contributed by atoms with van der Waals surface area (Å²) in [6.07, 6.45) is 0. The van der Waals surface area contributed by atoms with Crippen LogP contribution in [-0.2, 0) is 6.54 Å². The highest BCUT2D eigenvalue weighted by Gasteiger charge is 2.22. The molecule has 1 heterocycles. The Labute approximate surface area is 137 Å². The van der Waals surface area contributed by atoms with Gasteiger partial charge in [0.2, 0.25) is 0 Å². The van der Waals surface area contributed by atoms with E-state index in [1.807, 2.05) is 11.8 Å². The van der Waals surface area contributed by atoms with Crippen molar-refractivity contribution in [3.05, 3.63) is 47.5 Å². The molecule has 1 aliphatic rings. The van der Waals surface area contributed by atoms with E-state index in [0.29, 0.717) is 0 Å². The number of anilines is 2. The molecule has 0 unspecified atom stereocenters.